The normalized spacial score (nSPS) is 15.8. The van der Waals surface area contributed by atoms with Gasteiger partial charge in [-0.3, -0.25) is 4.79 Å². The van der Waals surface area contributed by atoms with Crippen molar-refractivity contribution in [3.8, 4) is 0 Å². The lowest BCUT2D eigenvalue weighted by molar-refractivity contribution is -0.120. The molecule has 2 heterocycles. The van der Waals surface area contributed by atoms with Crippen LogP contribution in [0.15, 0.2) is 22.8 Å². The molecule has 1 aliphatic rings. The van der Waals surface area contributed by atoms with Crippen LogP contribution in [0.1, 0.15) is 42.4 Å². The van der Waals surface area contributed by atoms with Gasteiger partial charge in [0.1, 0.15) is 5.58 Å². The van der Waals surface area contributed by atoms with E-state index < -0.39 is 0 Å². The highest BCUT2D eigenvalue weighted by molar-refractivity contribution is 5.88. The molecule has 1 amide bonds. The van der Waals surface area contributed by atoms with Gasteiger partial charge in [-0.15, -0.1) is 0 Å². The number of rotatable bonds is 6. The molecule has 1 saturated heterocycles. The van der Waals surface area contributed by atoms with E-state index in [1.807, 2.05) is 6.07 Å². The minimum atomic E-state index is 0.0783. The summed E-state index contributed by atoms with van der Waals surface area (Å²) in [6.45, 7) is 8.44. The monoisotopic (exact) mass is 328 g/mol. The van der Waals surface area contributed by atoms with Crippen molar-refractivity contribution in [3.05, 3.63) is 35.1 Å². The third-order valence-electron chi connectivity index (χ3n) is 5.04. The second kappa shape index (κ2) is 7.84. The first-order valence-electron chi connectivity index (χ1n) is 9.10. The van der Waals surface area contributed by atoms with Crippen LogP contribution >= 0.6 is 0 Å². The summed E-state index contributed by atoms with van der Waals surface area (Å²) in [6.07, 6.45) is 7.13. The number of carbonyl (C=O) groups excluding carboxylic acids is 1. The highest BCUT2D eigenvalue weighted by atomic mass is 16.3. The molecular formula is C20H28N2O2. The Morgan fingerprint density at radius 3 is 2.71 bits per heavy atom. The average molecular weight is 328 g/mol. The van der Waals surface area contributed by atoms with Gasteiger partial charge in [-0.05, 0) is 76.0 Å². The van der Waals surface area contributed by atoms with Crippen molar-refractivity contribution in [2.45, 2.75) is 46.0 Å². The molecule has 1 aliphatic heterocycles. The number of hydrogen-bond donors (Lipinski definition) is 1. The molecule has 0 saturated carbocycles. The van der Waals surface area contributed by atoms with Gasteiger partial charge >= 0.3 is 0 Å². The van der Waals surface area contributed by atoms with Crippen LogP contribution in [0.5, 0.6) is 0 Å². The van der Waals surface area contributed by atoms with E-state index in [4.69, 9.17) is 4.42 Å². The van der Waals surface area contributed by atoms with Crippen LogP contribution in [-0.4, -0.2) is 37.0 Å². The summed E-state index contributed by atoms with van der Waals surface area (Å²) < 4.78 is 5.60. The molecule has 4 heteroatoms. The molecule has 1 aromatic heterocycles. The van der Waals surface area contributed by atoms with Gasteiger partial charge in [-0.25, -0.2) is 0 Å². The van der Waals surface area contributed by atoms with Crippen LogP contribution in [0, 0.1) is 13.8 Å². The Balaban J connectivity index is 1.47. The molecule has 24 heavy (non-hydrogen) atoms. The topological polar surface area (TPSA) is 45.5 Å². The summed E-state index contributed by atoms with van der Waals surface area (Å²) in [5, 5.41) is 4.10. The summed E-state index contributed by atoms with van der Waals surface area (Å²) >= 11 is 0. The maximum atomic E-state index is 12.2. The van der Waals surface area contributed by atoms with Crippen LogP contribution in [-0.2, 0) is 11.2 Å². The Kier molecular flexibility index (Phi) is 5.56. The van der Waals surface area contributed by atoms with Crippen LogP contribution in [0.3, 0.4) is 0 Å². The number of aryl methyl sites for hydroxylation is 2. The van der Waals surface area contributed by atoms with E-state index in [0.717, 1.165) is 36.0 Å². The first-order valence-corrected chi connectivity index (χ1v) is 9.10. The average Bonchev–Trinajstić information content (AvgIpc) is 2.95. The Labute approximate surface area is 144 Å². The quantitative estimate of drug-likeness (QED) is 0.824. The number of piperidine rings is 1. The second-order valence-corrected chi connectivity index (χ2v) is 6.98. The Bertz CT molecular complexity index is 699. The van der Waals surface area contributed by atoms with Gasteiger partial charge in [0.2, 0.25) is 5.91 Å². The molecule has 1 fully saturated rings. The predicted octanol–water partition coefficient (Wildman–Crippen LogP) is 3.58. The van der Waals surface area contributed by atoms with E-state index >= 15 is 0 Å². The van der Waals surface area contributed by atoms with Crippen LogP contribution in [0.25, 0.3) is 11.0 Å². The van der Waals surface area contributed by atoms with Crippen molar-refractivity contribution in [2.75, 3.05) is 26.2 Å². The molecule has 130 valence electrons. The first kappa shape index (κ1) is 17.0. The van der Waals surface area contributed by atoms with Crippen molar-refractivity contribution in [1.82, 2.24) is 10.2 Å². The number of fused-ring (bicyclic) bond motifs is 1. The minimum Gasteiger partial charge on any atom is -0.464 e. The SMILES string of the molecule is Cc1cc2occ(CC(=O)NCCCN3CCCCC3)c2cc1C. The van der Waals surface area contributed by atoms with E-state index in [1.165, 1.54) is 43.5 Å². The Morgan fingerprint density at radius 2 is 1.92 bits per heavy atom. The van der Waals surface area contributed by atoms with Gasteiger partial charge in [0.25, 0.3) is 0 Å². The fourth-order valence-electron chi connectivity index (χ4n) is 3.42. The maximum Gasteiger partial charge on any atom is 0.224 e. The number of likely N-dealkylation sites (tertiary alicyclic amines) is 1. The molecule has 0 spiro atoms. The molecule has 0 unspecified atom stereocenters. The Morgan fingerprint density at radius 1 is 1.17 bits per heavy atom. The zero-order chi connectivity index (χ0) is 16.9. The summed E-state index contributed by atoms with van der Waals surface area (Å²) in [5.74, 6) is 0.0783. The van der Waals surface area contributed by atoms with Crippen molar-refractivity contribution in [1.29, 1.82) is 0 Å². The molecule has 0 bridgehead atoms. The lowest BCUT2D eigenvalue weighted by Crippen LogP contribution is -2.33. The van der Waals surface area contributed by atoms with Crippen LogP contribution in [0.2, 0.25) is 0 Å². The molecule has 4 nitrogen and oxygen atoms in total. The predicted molar refractivity (Wildman–Crippen MR) is 97.3 cm³/mol. The third-order valence-corrected chi connectivity index (χ3v) is 5.04. The number of nitrogens with one attached hydrogen (secondary N) is 1. The first-order chi connectivity index (χ1) is 11.6. The van der Waals surface area contributed by atoms with E-state index in [1.54, 1.807) is 6.26 Å². The fourth-order valence-corrected chi connectivity index (χ4v) is 3.42. The molecule has 0 radical (unpaired) electrons. The van der Waals surface area contributed by atoms with E-state index in [2.05, 4.69) is 30.1 Å². The van der Waals surface area contributed by atoms with Crippen molar-refractivity contribution >= 4 is 16.9 Å². The fraction of sp³-hybridized carbons (Fsp3) is 0.550. The number of hydrogen-bond acceptors (Lipinski definition) is 3. The van der Waals surface area contributed by atoms with E-state index in [-0.39, 0.29) is 5.91 Å². The number of benzene rings is 1. The smallest absolute Gasteiger partial charge is 0.224 e. The maximum absolute atomic E-state index is 12.2. The number of furan rings is 1. The molecule has 1 aromatic carbocycles. The molecular weight excluding hydrogens is 300 g/mol. The van der Waals surface area contributed by atoms with Crippen LogP contribution in [0.4, 0.5) is 0 Å². The van der Waals surface area contributed by atoms with Crippen molar-refractivity contribution in [2.24, 2.45) is 0 Å². The number of carbonyl (C=O) groups is 1. The number of nitrogens with zero attached hydrogens (tertiary/aromatic N) is 1. The molecule has 3 rings (SSSR count). The lowest BCUT2D eigenvalue weighted by atomic mass is 10.0. The zero-order valence-electron chi connectivity index (χ0n) is 14.9. The standard InChI is InChI=1S/C20H28N2O2/c1-15-11-18-17(14-24-19(18)12-16(15)2)13-20(23)21-7-6-10-22-8-4-3-5-9-22/h11-12,14H,3-10,13H2,1-2H3,(H,21,23). The largest absolute Gasteiger partial charge is 0.464 e. The molecule has 0 aliphatic carbocycles. The third kappa shape index (κ3) is 4.18. The van der Waals surface area contributed by atoms with Crippen molar-refractivity contribution < 1.29 is 9.21 Å². The van der Waals surface area contributed by atoms with Gasteiger partial charge in [-0.2, -0.15) is 0 Å². The van der Waals surface area contributed by atoms with E-state index in [9.17, 15) is 4.79 Å². The van der Waals surface area contributed by atoms with Crippen LogP contribution < -0.4 is 5.32 Å². The second-order valence-electron chi connectivity index (χ2n) is 6.98. The lowest BCUT2D eigenvalue weighted by Gasteiger charge is -2.26. The van der Waals surface area contributed by atoms with Gasteiger partial charge in [0.15, 0.2) is 0 Å². The molecule has 1 N–H and O–H groups in total. The van der Waals surface area contributed by atoms with Gasteiger partial charge < -0.3 is 14.6 Å². The van der Waals surface area contributed by atoms with E-state index in [0.29, 0.717) is 6.42 Å². The van der Waals surface area contributed by atoms with Crippen molar-refractivity contribution in [3.63, 3.8) is 0 Å². The number of amides is 1. The summed E-state index contributed by atoms with van der Waals surface area (Å²) in [6, 6.07) is 4.16. The summed E-state index contributed by atoms with van der Waals surface area (Å²) in [4.78, 5) is 14.7. The van der Waals surface area contributed by atoms with Gasteiger partial charge in [-0.1, -0.05) is 6.42 Å². The summed E-state index contributed by atoms with van der Waals surface area (Å²) in [7, 11) is 0. The summed E-state index contributed by atoms with van der Waals surface area (Å²) in [5.41, 5.74) is 4.28. The van der Waals surface area contributed by atoms with Gasteiger partial charge in [0.05, 0.1) is 12.7 Å². The highest BCUT2D eigenvalue weighted by Crippen LogP contribution is 2.25. The minimum absolute atomic E-state index is 0.0783. The molecule has 2 aromatic rings. The van der Waals surface area contributed by atoms with Gasteiger partial charge in [0, 0.05) is 17.5 Å². The highest BCUT2D eigenvalue weighted by Gasteiger charge is 2.12. The Hall–Kier alpha value is -1.81. The zero-order valence-corrected chi connectivity index (χ0v) is 14.9. The molecule has 0 atom stereocenters.